The predicted molar refractivity (Wildman–Crippen MR) is 120 cm³/mol. The van der Waals surface area contributed by atoms with Crippen LogP contribution in [0.5, 0.6) is 5.75 Å². The lowest BCUT2D eigenvalue weighted by atomic mass is 10.2. The third-order valence-corrected chi connectivity index (χ3v) is 4.92. The molecule has 2 N–H and O–H groups in total. The Kier molecular flexibility index (Phi) is 6.08. The third-order valence-electron chi connectivity index (χ3n) is 4.92. The van der Waals surface area contributed by atoms with Gasteiger partial charge in [-0.25, -0.2) is 9.37 Å². The number of fused-ring (bicyclic) bond motifs is 1. The second kappa shape index (κ2) is 9.09. The Bertz CT molecular complexity index is 1160. The highest BCUT2D eigenvalue weighted by Gasteiger charge is 2.14. The molecule has 4 rings (SSSR count). The topological polar surface area (TPSA) is 79.0 Å². The maximum atomic E-state index is 14.3. The molecule has 2 heterocycles. The average molecular weight is 420 g/mol. The van der Waals surface area contributed by atoms with Crippen molar-refractivity contribution in [3.63, 3.8) is 0 Å². The molecule has 0 amide bonds. The maximum absolute atomic E-state index is 14.3. The van der Waals surface area contributed by atoms with Crippen molar-refractivity contribution in [1.29, 1.82) is 0 Å². The van der Waals surface area contributed by atoms with Gasteiger partial charge in [0, 0.05) is 54.4 Å². The van der Waals surface area contributed by atoms with Crippen LogP contribution >= 0.6 is 0 Å². The van der Waals surface area contributed by atoms with E-state index < -0.39 is 0 Å². The zero-order valence-electron chi connectivity index (χ0n) is 17.8. The predicted octanol–water partition coefficient (Wildman–Crippen LogP) is 4.30. The van der Waals surface area contributed by atoms with Gasteiger partial charge in [-0.2, -0.15) is 5.10 Å². The lowest BCUT2D eigenvalue weighted by molar-refractivity contribution is 0.411. The fraction of sp³-hybridized carbons (Fsp3) is 0.261. The number of aromatic amines is 1. The summed E-state index contributed by atoms with van der Waals surface area (Å²) in [6.45, 7) is 5.57. The van der Waals surface area contributed by atoms with Crippen molar-refractivity contribution in [3.8, 4) is 17.0 Å². The van der Waals surface area contributed by atoms with Gasteiger partial charge in [0.2, 0.25) is 0 Å². The molecule has 0 spiro atoms. The van der Waals surface area contributed by atoms with E-state index in [0.717, 1.165) is 34.5 Å². The molecule has 0 unspecified atom stereocenters. The summed E-state index contributed by atoms with van der Waals surface area (Å²) in [4.78, 5) is 11.3. The molecule has 8 heteroatoms. The summed E-state index contributed by atoms with van der Waals surface area (Å²) in [5, 5.41) is 10.2. The number of hydrogen-bond acceptors (Lipinski definition) is 6. The minimum atomic E-state index is -0.348. The Labute approximate surface area is 180 Å². The van der Waals surface area contributed by atoms with E-state index in [1.165, 1.54) is 19.2 Å². The molecular weight excluding hydrogens is 395 g/mol. The fourth-order valence-corrected chi connectivity index (χ4v) is 3.39. The van der Waals surface area contributed by atoms with Gasteiger partial charge in [-0.1, -0.05) is 13.8 Å². The van der Waals surface area contributed by atoms with Crippen LogP contribution < -0.4 is 15.0 Å². The van der Waals surface area contributed by atoms with Crippen LogP contribution in [0, 0.1) is 5.82 Å². The Morgan fingerprint density at radius 2 is 1.97 bits per heavy atom. The zero-order chi connectivity index (χ0) is 21.8. The van der Waals surface area contributed by atoms with E-state index in [4.69, 9.17) is 9.72 Å². The molecule has 2 aromatic carbocycles. The number of nitrogens with one attached hydrogen (secondary N) is 2. The number of benzene rings is 2. The Balaban J connectivity index is 1.75. The van der Waals surface area contributed by atoms with Crippen LogP contribution in [0.15, 0.2) is 55.0 Å². The van der Waals surface area contributed by atoms with E-state index in [-0.39, 0.29) is 5.82 Å². The Hall–Kier alpha value is -3.52. The van der Waals surface area contributed by atoms with Crippen molar-refractivity contribution in [2.45, 2.75) is 19.9 Å². The zero-order valence-corrected chi connectivity index (χ0v) is 17.8. The van der Waals surface area contributed by atoms with Gasteiger partial charge in [0.1, 0.15) is 11.6 Å². The summed E-state index contributed by atoms with van der Waals surface area (Å²) >= 11 is 0. The van der Waals surface area contributed by atoms with Crippen LogP contribution in [0.3, 0.4) is 0 Å². The first-order valence-corrected chi connectivity index (χ1v) is 10.1. The van der Waals surface area contributed by atoms with Crippen LogP contribution in [-0.4, -0.2) is 46.4 Å². The molecule has 0 bridgehead atoms. The van der Waals surface area contributed by atoms with Gasteiger partial charge < -0.3 is 15.0 Å². The third kappa shape index (κ3) is 4.80. The first-order valence-electron chi connectivity index (χ1n) is 10.1. The van der Waals surface area contributed by atoms with Crippen LogP contribution in [0.25, 0.3) is 22.3 Å². The average Bonchev–Trinajstić information content (AvgIpc) is 3.30. The number of H-pyrrole nitrogens is 1. The highest BCUT2D eigenvalue weighted by Crippen LogP contribution is 2.31. The van der Waals surface area contributed by atoms with Gasteiger partial charge in [0.05, 0.1) is 36.2 Å². The highest BCUT2D eigenvalue weighted by atomic mass is 19.1. The minimum Gasteiger partial charge on any atom is -0.497 e. The second-order valence-electron chi connectivity index (χ2n) is 7.52. The lowest BCUT2D eigenvalue weighted by Gasteiger charge is -2.26. The number of ether oxygens (including phenoxy) is 1. The van der Waals surface area contributed by atoms with Crippen LogP contribution in [0.2, 0.25) is 0 Å². The number of anilines is 2. The first-order chi connectivity index (χ1) is 15.0. The van der Waals surface area contributed by atoms with Gasteiger partial charge in [0.25, 0.3) is 0 Å². The molecular formula is C23H25FN6O. The van der Waals surface area contributed by atoms with Crippen molar-refractivity contribution in [2.75, 3.05) is 25.1 Å². The maximum Gasteiger partial charge on any atom is 0.128 e. The monoisotopic (exact) mass is 420 g/mol. The number of halogens is 1. The van der Waals surface area contributed by atoms with Crippen molar-refractivity contribution in [2.24, 2.45) is 0 Å². The largest absolute Gasteiger partial charge is 0.497 e. The molecule has 4 aromatic rings. The Morgan fingerprint density at radius 3 is 2.71 bits per heavy atom. The molecule has 2 aromatic heterocycles. The van der Waals surface area contributed by atoms with E-state index in [9.17, 15) is 4.39 Å². The summed E-state index contributed by atoms with van der Waals surface area (Å²) in [5.41, 5.74) is 4.74. The van der Waals surface area contributed by atoms with Gasteiger partial charge in [-0.15, -0.1) is 0 Å². The van der Waals surface area contributed by atoms with Crippen molar-refractivity contribution in [3.05, 3.63) is 60.8 Å². The van der Waals surface area contributed by atoms with Crippen LogP contribution in [0.1, 0.15) is 13.8 Å². The van der Waals surface area contributed by atoms with E-state index >= 15 is 0 Å². The van der Waals surface area contributed by atoms with E-state index in [0.29, 0.717) is 24.0 Å². The molecule has 0 aliphatic carbocycles. The molecule has 7 nitrogen and oxygen atoms in total. The molecule has 0 aliphatic rings. The second-order valence-corrected chi connectivity index (χ2v) is 7.52. The molecule has 31 heavy (non-hydrogen) atoms. The fourth-order valence-electron chi connectivity index (χ4n) is 3.39. The lowest BCUT2D eigenvalue weighted by Crippen LogP contribution is -2.32. The number of nitrogens with zero attached hydrogens (tertiary/aromatic N) is 4. The van der Waals surface area contributed by atoms with Crippen LogP contribution in [-0.2, 0) is 0 Å². The van der Waals surface area contributed by atoms with Crippen LogP contribution in [0.4, 0.5) is 15.8 Å². The first kappa shape index (κ1) is 20.7. The summed E-state index contributed by atoms with van der Waals surface area (Å²) in [6, 6.07) is 10.9. The SMILES string of the molecule is COc1cc(F)cc(N(CCNC(C)C)c2ccc3ncc(-c4cn[nH]c4)nc3c2)c1. The molecule has 0 radical (unpaired) electrons. The summed E-state index contributed by atoms with van der Waals surface area (Å²) in [5.74, 6) is 0.124. The molecule has 0 aliphatic heterocycles. The van der Waals surface area contributed by atoms with E-state index in [1.807, 2.05) is 29.2 Å². The standard InChI is InChI=1S/C23H25FN6O/c1-15(2)25-6-7-30(19-8-17(24)9-20(10-19)31-3)18-4-5-21-22(11-18)29-23(14-26-21)16-12-27-28-13-16/h4-5,8-15,25H,6-7H2,1-3H3,(H,27,28). The van der Waals surface area contributed by atoms with Gasteiger partial charge in [-0.3, -0.25) is 10.1 Å². The summed E-state index contributed by atoms with van der Waals surface area (Å²) < 4.78 is 19.5. The number of rotatable bonds is 8. The van der Waals surface area contributed by atoms with E-state index in [2.05, 4.69) is 34.3 Å². The number of aromatic nitrogens is 4. The summed E-state index contributed by atoms with van der Waals surface area (Å²) in [6.07, 6.45) is 5.22. The molecule has 160 valence electrons. The molecule has 0 atom stereocenters. The van der Waals surface area contributed by atoms with E-state index in [1.54, 1.807) is 18.6 Å². The normalized spacial score (nSPS) is 11.3. The van der Waals surface area contributed by atoms with Crippen molar-refractivity contribution < 1.29 is 9.13 Å². The molecule has 0 saturated carbocycles. The summed E-state index contributed by atoms with van der Waals surface area (Å²) in [7, 11) is 1.53. The Morgan fingerprint density at radius 1 is 1.10 bits per heavy atom. The molecule has 0 saturated heterocycles. The quantitative estimate of drug-likeness (QED) is 0.442. The highest BCUT2D eigenvalue weighted by molar-refractivity contribution is 5.82. The van der Waals surface area contributed by atoms with Gasteiger partial charge in [-0.05, 0) is 24.3 Å². The number of hydrogen-bond donors (Lipinski definition) is 2. The minimum absolute atomic E-state index is 0.348. The van der Waals surface area contributed by atoms with Crippen molar-refractivity contribution in [1.82, 2.24) is 25.5 Å². The van der Waals surface area contributed by atoms with Gasteiger partial charge in [0.15, 0.2) is 0 Å². The smallest absolute Gasteiger partial charge is 0.128 e. The number of methoxy groups -OCH3 is 1. The van der Waals surface area contributed by atoms with Gasteiger partial charge >= 0.3 is 0 Å². The van der Waals surface area contributed by atoms with Crippen molar-refractivity contribution >= 4 is 22.4 Å². The molecule has 0 fully saturated rings.